The average molecular weight is 352 g/mol. The molecule has 0 spiro atoms. The first kappa shape index (κ1) is 17.9. The van der Waals surface area contributed by atoms with Gasteiger partial charge >= 0.3 is 0 Å². The number of alkyl halides is 1. The van der Waals surface area contributed by atoms with Crippen molar-refractivity contribution in [3.8, 4) is 0 Å². The number of ketones is 1. The Morgan fingerprint density at radius 3 is 2.30 bits per heavy atom. The van der Waals surface area contributed by atoms with E-state index in [4.69, 9.17) is 11.6 Å². The fourth-order valence-electron chi connectivity index (χ4n) is 2.38. The van der Waals surface area contributed by atoms with Gasteiger partial charge in [0.25, 0.3) is 0 Å². The van der Waals surface area contributed by atoms with E-state index in [-0.39, 0.29) is 11.7 Å². The van der Waals surface area contributed by atoms with E-state index in [1.54, 1.807) is 6.26 Å². The zero-order valence-corrected chi connectivity index (χ0v) is 15.0. The number of Topliss-reactive ketones (excluding diaryl/α,β-unsaturated/α-hetero) is 1. The van der Waals surface area contributed by atoms with Gasteiger partial charge < -0.3 is 0 Å². The van der Waals surface area contributed by atoms with Gasteiger partial charge in [0.15, 0.2) is 5.78 Å². The van der Waals surface area contributed by atoms with Gasteiger partial charge in [-0.1, -0.05) is 48.0 Å². The number of hydrogen-bond acceptors (Lipinski definition) is 2. The molecule has 2 rings (SSSR count). The summed E-state index contributed by atoms with van der Waals surface area (Å²) in [7, 11) is -2.85. The van der Waals surface area contributed by atoms with Gasteiger partial charge in [-0.15, -0.1) is 11.6 Å². The van der Waals surface area contributed by atoms with Gasteiger partial charge in [-0.3, -0.25) is 9.00 Å². The maximum Gasteiger partial charge on any atom is 0.165 e. The first-order valence-corrected chi connectivity index (χ1v) is 10.2. The Labute approximate surface area is 143 Å². The molecule has 0 aromatic heterocycles. The highest BCUT2D eigenvalue weighted by atomic mass is 35.5. The largest absolute Gasteiger partial charge is 0.297 e. The highest BCUT2D eigenvalue weighted by Gasteiger charge is 2.23. The number of halogens is 1. The van der Waals surface area contributed by atoms with Gasteiger partial charge in [0.2, 0.25) is 0 Å². The Morgan fingerprint density at radius 2 is 1.74 bits per heavy atom. The third kappa shape index (κ3) is 4.99. The van der Waals surface area contributed by atoms with Gasteiger partial charge in [-0.2, -0.15) is 0 Å². The topological polar surface area (TPSA) is 46.2 Å². The molecule has 0 fully saturated rings. The van der Waals surface area contributed by atoms with E-state index < -0.39 is 16.2 Å². The van der Waals surface area contributed by atoms with Crippen molar-refractivity contribution < 1.29 is 9.00 Å². The minimum atomic E-state index is -2.85. The van der Waals surface area contributed by atoms with Gasteiger partial charge in [0, 0.05) is 11.2 Å². The van der Waals surface area contributed by atoms with Gasteiger partial charge in [0.05, 0.1) is 11.9 Å². The molecule has 0 aliphatic carbocycles. The highest BCUT2D eigenvalue weighted by molar-refractivity contribution is 8.00. The van der Waals surface area contributed by atoms with E-state index in [1.165, 1.54) is 0 Å². The number of benzene rings is 2. The molecule has 0 saturated carbocycles. The van der Waals surface area contributed by atoms with Crippen LogP contribution in [0.5, 0.6) is 0 Å². The average Bonchev–Trinajstić information content (AvgIpc) is 2.54. The number of rotatable bonds is 7. The summed E-state index contributed by atoms with van der Waals surface area (Å²) in [6.07, 6.45) is 2.12. The summed E-state index contributed by atoms with van der Waals surface area (Å²) >= 11 is 5.73. The number of thiol groups is 1. The van der Waals surface area contributed by atoms with Crippen molar-refractivity contribution in [2.24, 2.45) is 0 Å². The van der Waals surface area contributed by atoms with Crippen molar-refractivity contribution in [2.75, 3.05) is 12.1 Å². The van der Waals surface area contributed by atoms with Gasteiger partial charge in [-0.25, -0.2) is 4.72 Å². The molecule has 3 nitrogen and oxygen atoms in total. The lowest BCUT2D eigenvalue weighted by molar-refractivity contribution is -0.118. The second-order valence-corrected chi connectivity index (χ2v) is 8.62. The number of carbonyl (C=O) groups is 1. The summed E-state index contributed by atoms with van der Waals surface area (Å²) in [6, 6.07) is 16.6. The van der Waals surface area contributed by atoms with E-state index in [2.05, 4.69) is 4.72 Å². The minimum Gasteiger partial charge on any atom is -0.297 e. The number of nitrogens with one attached hydrogen (secondary N) is 1. The molecular weight excluding hydrogens is 330 g/mol. The Hall–Kier alpha value is -1.49. The summed E-state index contributed by atoms with van der Waals surface area (Å²) in [5.74, 6) is -0.247. The minimum absolute atomic E-state index is 0.0988. The predicted molar refractivity (Wildman–Crippen MR) is 97.7 cm³/mol. The summed E-state index contributed by atoms with van der Waals surface area (Å²) < 4.78 is 16.1. The number of aryl methyl sites for hydroxylation is 1. The van der Waals surface area contributed by atoms with Crippen molar-refractivity contribution in [1.82, 2.24) is 4.72 Å². The van der Waals surface area contributed by atoms with Crippen molar-refractivity contribution >= 4 is 27.5 Å². The molecule has 1 N–H and O–H groups in total. The van der Waals surface area contributed by atoms with Crippen LogP contribution in [0.1, 0.15) is 11.1 Å². The van der Waals surface area contributed by atoms with Crippen LogP contribution in [0.15, 0.2) is 59.5 Å². The maximum absolute atomic E-state index is 13.0. The molecule has 2 aromatic carbocycles. The Bertz CT molecular complexity index is 701. The first-order valence-electron chi connectivity index (χ1n) is 7.47. The molecule has 124 valence electrons. The van der Waals surface area contributed by atoms with Crippen LogP contribution in [0.4, 0.5) is 0 Å². The molecule has 0 unspecified atom stereocenters. The predicted octanol–water partition coefficient (Wildman–Crippen LogP) is 2.92. The van der Waals surface area contributed by atoms with Crippen LogP contribution in [0.3, 0.4) is 0 Å². The molecule has 5 heteroatoms. The van der Waals surface area contributed by atoms with E-state index in [0.29, 0.717) is 11.3 Å². The van der Waals surface area contributed by atoms with Crippen LogP contribution in [0.2, 0.25) is 0 Å². The molecular formula is C18H22ClNO2S. The SMILES string of the molecule is Cc1ccc([SH](C)(=O)N[C@@H](Cc2ccccc2)C(=O)CCl)cc1. The van der Waals surface area contributed by atoms with Crippen LogP contribution < -0.4 is 4.72 Å². The molecule has 2 aromatic rings. The van der Waals surface area contributed by atoms with E-state index in [0.717, 1.165) is 11.1 Å². The van der Waals surface area contributed by atoms with Crippen molar-refractivity contribution in [3.63, 3.8) is 0 Å². The number of carbonyl (C=O) groups excluding carboxylic acids is 1. The Morgan fingerprint density at radius 1 is 1.13 bits per heavy atom. The molecule has 0 saturated heterocycles. The second-order valence-electron chi connectivity index (χ2n) is 5.73. The van der Waals surface area contributed by atoms with E-state index in [9.17, 15) is 9.00 Å². The normalized spacial score (nSPS) is 13.5. The summed E-state index contributed by atoms with van der Waals surface area (Å²) in [5, 5.41) is 0. The molecule has 0 aliphatic rings. The first-order chi connectivity index (χ1) is 10.9. The second kappa shape index (κ2) is 7.86. The monoisotopic (exact) mass is 351 g/mol. The maximum atomic E-state index is 13.0. The van der Waals surface area contributed by atoms with E-state index >= 15 is 0 Å². The van der Waals surface area contributed by atoms with Crippen LogP contribution >= 0.6 is 11.6 Å². The standard InChI is InChI=1S/C18H22ClNO2S/c1-14-8-10-16(11-9-14)23(2,22)20-17(18(21)13-19)12-15-6-4-3-5-7-15/h3-11,17,23H,12-13H2,1-2H3,(H,20,22)/t17-/m0/s1. The summed E-state index contributed by atoms with van der Waals surface area (Å²) in [5.41, 5.74) is 2.11. The van der Waals surface area contributed by atoms with Crippen LogP contribution in [-0.2, 0) is 21.3 Å². The fourth-order valence-corrected chi connectivity index (χ4v) is 4.26. The van der Waals surface area contributed by atoms with Crippen molar-refractivity contribution in [1.29, 1.82) is 0 Å². The lowest BCUT2D eigenvalue weighted by Gasteiger charge is -2.27. The molecule has 0 radical (unpaired) electrons. The van der Waals surface area contributed by atoms with Gasteiger partial charge in [0.1, 0.15) is 0 Å². The Balaban J connectivity index is 2.21. The smallest absolute Gasteiger partial charge is 0.165 e. The molecule has 1 atom stereocenters. The molecule has 0 heterocycles. The van der Waals surface area contributed by atoms with Gasteiger partial charge in [-0.05, 0) is 41.2 Å². The van der Waals surface area contributed by atoms with Crippen molar-refractivity contribution in [3.05, 3.63) is 65.7 Å². The quantitative estimate of drug-likeness (QED) is 0.595. The van der Waals surface area contributed by atoms with Crippen LogP contribution in [-0.4, -0.2) is 28.2 Å². The number of hydrogen-bond donors (Lipinski definition) is 2. The fraction of sp³-hybridized carbons (Fsp3) is 0.278. The molecule has 0 bridgehead atoms. The molecule has 0 amide bonds. The third-order valence-electron chi connectivity index (χ3n) is 3.73. The highest BCUT2D eigenvalue weighted by Crippen LogP contribution is 2.17. The van der Waals surface area contributed by atoms with Crippen LogP contribution in [0, 0.1) is 6.92 Å². The zero-order chi connectivity index (χ0) is 16.9. The molecule has 0 aliphatic heterocycles. The summed E-state index contributed by atoms with van der Waals surface area (Å²) in [6.45, 7) is 1.98. The molecule has 23 heavy (non-hydrogen) atoms. The summed E-state index contributed by atoms with van der Waals surface area (Å²) in [4.78, 5) is 12.9. The lowest BCUT2D eigenvalue weighted by atomic mass is 10.0. The van der Waals surface area contributed by atoms with E-state index in [1.807, 2.05) is 61.5 Å². The van der Waals surface area contributed by atoms with Crippen LogP contribution in [0.25, 0.3) is 0 Å². The lowest BCUT2D eigenvalue weighted by Crippen LogP contribution is -2.45. The Kier molecular flexibility index (Phi) is 6.10. The van der Waals surface area contributed by atoms with Crippen molar-refractivity contribution in [2.45, 2.75) is 24.3 Å². The zero-order valence-electron chi connectivity index (χ0n) is 13.3. The third-order valence-corrected chi connectivity index (χ3v) is 6.08.